The molecule has 344 valence electrons. The Morgan fingerprint density at radius 1 is 0.593 bits per heavy atom. The highest BCUT2D eigenvalue weighted by atomic mass is 31.2. The second-order valence-corrected chi connectivity index (χ2v) is 18.9. The molecular formula is C50H94N2O6P+. The van der Waals surface area contributed by atoms with Crippen molar-refractivity contribution in [2.45, 2.75) is 212 Å². The maximum atomic E-state index is 12.9. The lowest BCUT2D eigenvalue weighted by molar-refractivity contribution is -0.870. The molecule has 0 fully saturated rings. The first-order valence-electron chi connectivity index (χ1n) is 24.2. The van der Waals surface area contributed by atoms with Gasteiger partial charge in [-0.3, -0.25) is 13.8 Å². The van der Waals surface area contributed by atoms with E-state index in [1.807, 2.05) is 27.2 Å². The smallest absolute Gasteiger partial charge is 0.387 e. The number of likely N-dealkylation sites (N-methyl/N-ethyl adjacent to an activating group) is 1. The number of aliphatic hydroxyl groups is 1. The summed E-state index contributed by atoms with van der Waals surface area (Å²) < 4.78 is 23.5. The summed E-state index contributed by atoms with van der Waals surface area (Å²) in [6, 6.07) is -0.869. The van der Waals surface area contributed by atoms with Crippen molar-refractivity contribution in [1.82, 2.24) is 5.32 Å². The number of quaternary nitrogens is 1. The van der Waals surface area contributed by atoms with E-state index < -0.39 is 20.0 Å². The molecule has 0 saturated heterocycles. The Kier molecular flexibility index (Phi) is 40.3. The van der Waals surface area contributed by atoms with Gasteiger partial charge < -0.3 is 19.8 Å². The second kappa shape index (κ2) is 41.5. The Morgan fingerprint density at radius 2 is 1.03 bits per heavy atom. The standard InChI is InChI=1S/C50H93N2O6P/c1-6-8-10-12-14-16-18-19-20-21-22-23-24-25-26-27-28-29-30-31-32-33-34-36-38-40-42-44-50(54)51-48(47-58-59(55,56)57-46-45-52(3,4)5)49(53)43-41-39-37-35-17-15-13-11-9-7-2/h9,11,17-19,21-22,35,41,43,48-49,53H,6-8,10,12-16,20,23-34,36-40,42,44-47H2,1-5H3,(H-,51,54,55,56)/p+1/b11-9+,19-18-,22-21-,35-17+,43-41+. The van der Waals surface area contributed by atoms with E-state index in [2.05, 4.69) is 67.8 Å². The van der Waals surface area contributed by atoms with Crippen LogP contribution < -0.4 is 5.32 Å². The van der Waals surface area contributed by atoms with Crippen molar-refractivity contribution in [3.8, 4) is 0 Å². The van der Waals surface area contributed by atoms with Crippen LogP contribution in [0.1, 0.15) is 200 Å². The summed E-state index contributed by atoms with van der Waals surface area (Å²) >= 11 is 0. The number of phosphoric ester groups is 1. The summed E-state index contributed by atoms with van der Waals surface area (Å²) in [6.45, 7) is 4.64. The molecule has 0 saturated carbocycles. The van der Waals surface area contributed by atoms with Crippen molar-refractivity contribution >= 4 is 13.7 Å². The number of carbonyl (C=O) groups excluding carboxylic acids is 1. The lowest BCUT2D eigenvalue weighted by Gasteiger charge is -2.25. The number of unbranched alkanes of at least 4 members (excludes halogenated alkanes) is 22. The third-order valence-corrected chi connectivity index (χ3v) is 11.4. The van der Waals surface area contributed by atoms with Crippen molar-refractivity contribution in [1.29, 1.82) is 0 Å². The number of hydrogen-bond donors (Lipinski definition) is 3. The third-order valence-electron chi connectivity index (χ3n) is 10.4. The van der Waals surface area contributed by atoms with Gasteiger partial charge in [0.1, 0.15) is 13.2 Å². The number of rotatable bonds is 43. The molecule has 0 rings (SSSR count). The van der Waals surface area contributed by atoms with E-state index in [0.717, 1.165) is 57.8 Å². The molecule has 0 bridgehead atoms. The normalized spacial score (nSPS) is 14.8. The Labute approximate surface area is 364 Å². The number of hydrogen-bond acceptors (Lipinski definition) is 5. The molecule has 0 aromatic heterocycles. The molecule has 0 radical (unpaired) electrons. The number of nitrogens with one attached hydrogen (secondary N) is 1. The van der Waals surface area contributed by atoms with E-state index in [9.17, 15) is 19.4 Å². The van der Waals surface area contributed by atoms with E-state index >= 15 is 0 Å². The molecule has 0 aliphatic carbocycles. The van der Waals surface area contributed by atoms with Gasteiger partial charge in [-0.15, -0.1) is 0 Å². The minimum absolute atomic E-state index is 0.0518. The van der Waals surface area contributed by atoms with Crippen LogP contribution in [0.25, 0.3) is 0 Å². The van der Waals surface area contributed by atoms with Crippen LogP contribution in [0, 0.1) is 0 Å². The van der Waals surface area contributed by atoms with Crippen LogP contribution >= 0.6 is 7.82 Å². The average Bonchev–Trinajstić information content (AvgIpc) is 3.19. The second-order valence-electron chi connectivity index (χ2n) is 17.4. The maximum absolute atomic E-state index is 12.9. The molecule has 8 nitrogen and oxygen atoms in total. The number of amides is 1. The summed E-state index contributed by atoms with van der Waals surface area (Å²) in [5, 5.41) is 13.8. The predicted octanol–water partition coefficient (Wildman–Crippen LogP) is 13.8. The van der Waals surface area contributed by atoms with Crippen LogP contribution in [0.15, 0.2) is 60.8 Å². The topological polar surface area (TPSA) is 105 Å². The van der Waals surface area contributed by atoms with Crippen molar-refractivity contribution in [3.63, 3.8) is 0 Å². The molecule has 3 unspecified atom stereocenters. The highest BCUT2D eigenvalue weighted by Crippen LogP contribution is 2.43. The molecule has 0 heterocycles. The molecule has 9 heteroatoms. The molecule has 0 aliphatic rings. The molecule has 0 spiro atoms. The van der Waals surface area contributed by atoms with Crippen molar-refractivity contribution in [2.75, 3.05) is 40.9 Å². The van der Waals surface area contributed by atoms with E-state index in [1.54, 1.807) is 6.08 Å². The van der Waals surface area contributed by atoms with Gasteiger partial charge in [0.05, 0.1) is 39.9 Å². The molecule has 0 aliphatic heterocycles. The summed E-state index contributed by atoms with van der Waals surface area (Å²) in [4.78, 5) is 23.1. The van der Waals surface area contributed by atoms with Crippen molar-refractivity contribution in [2.24, 2.45) is 0 Å². The Morgan fingerprint density at radius 3 is 1.53 bits per heavy atom. The van der Waals surface area contributed by atoms with Crippen LogP contribution in [0.4, 0.5) is 0 Å². The molecule has 3 N–H and O–H groups in total. The third kappa shape index (κ3) is 44.1. The summed E-state index contributed by atoms with van der Waals surface area (Å²) in [6.07, 6.45) is 54.7. The van der Waals surface area contributed by atoms with Crippen LogP contribution in [-0.2, 0) is 18.4 Å². The molecule has 1 amide bonds. The summed E-state index contributed by atoms with van der Waals surface area (Å²) in [5.74, 6) is -0.195. The van der Waals surface area contributed by atoms with Crippen LogP contribution in [0.2, 0.25) is 0 Å². The van der Waals surface area contributed by atoms with Gasteiger partial charge in [0.2, 0.25) is 5.91 Å². The monoisotopic (exact) mass is 850 g/mol. The first kappa shape index (κ1) is 57.2. The van der Waals surface area contributed by atoms with Gasteiger partial charge >= 0.3 is 7.82 Å². The first-order chi connectivity index (χ1) is 28.5. The maximum Gasteiger partial charge on any atom is 0.472 e. The molecular weight excluding hydrogens is 756 g/mol. The minimum atomic E-state index is -4.35. The van der Waals surface area contributed by atoms with Gasteiger partial charge in [-0.2, -0.15) is 0 Å². The van der Waals surface area contributed by atoms with Crippen LogP contribution in [-0.4, -0.2) is 73.4 Å². The fourth-order valence-electron chi connectivity index (χ4n) is 6.64. The predicted molar refractivity (Wildman–Crippen MR) is 254 cm³/mol. The number of nitrogens with zero attached hydrogens (tertiary/aromatic N) is 1. The van der Waals surface area contributed by atoms with Gasteiger partial charge in [0.25, 0.3) is 0 Å². The Hall–Kier alpha value is -1.80. The first-order valence-corrected chi connectivity index (χ1v) is 25.7. The number of allylic oxidation sites excluding steroid dienone is 9. The van der Waals surface area contributed by atoms with Gasteiger partial charge in [0.15, 0.2) is 0 Å². The minimum Gasteiger partial charge on any atom is -0.387 e. The zero-order chi connectivity index (χ0) is 43.6. The average molecular weight is 850 g/mol. The SMILES string of the molecule is CC/C=C/CC/C=C/CC/C=C/C(O)C(COP(=O)(O)OCC[N+](C)(C)C)NC(=O)CCCCCCCCCCCCCCCCC/C=C\C/C=C\CCCCCCC. The zero-order valence-electron chi connectivity index (χ0n) is 39.0. The summed E-state index contributed by atoms with van der Waals surface area (Å²) in [5.41, 5.74) is 0. The van der Waals surface area contributed by atoms with E-state index in [-0.39, 0.29) is 19.1 Å². The van der Waals surface area contributed by atoms with E-state index in [1.165, 1.54) is 122 Å². The highest BCUT2D eigenvalue weighted by Gasteiger charge is 2.27. The Balaban J connectivity index is 4.14. The largest absolute Gasteiger partial charge is 0.472 e. The molecule has 3 atom stereocenters. The van der Waals surface area contributed by atoms with Crippen molar-refractivity contribution in [3.05, 3.63) is 60.8 Å². The fourth-order valence-corrected chi connectivity index (χ4v) is 7.38. The van der Waals surface area contributed by atoms with Crippen LogP contribution in [0.3, 0.4) is 0 Å². The van der Waals surface area contributed by atoms with Crippen LogP contribution in [0.5, 0.6) is 0 Å². The van der Waals surface area contributed by atoms with Gasteiger partial charge in [0, 0.05) is 6.42 Å². The fraction of sp³-hybridized carbons (Fsp3) is 0.780. The van der Waals surface area contributed by atoms with Crippen molar-refractivity contribution < 1.29 is 32.9 Å². The van der Waals surface area contributed by atoms with Gasteiger partial charge in [-0.05, 0) is 70.6 Å². The lowest BCUT2D eigenvalue weighted by Crippen LogP contribution is -2.45. The quantitative estimate of drug-likeness (QED) is 0.0244. The molecule has 59 heavy (non-hydrogen) atoms. The van der Waals surface area contributed by atoms with Gasteiger partial charge in [-0.25, -0.2) is 4.57 Å². The highest BCUT2D eigenvalue weighted by molar-refractivity contribution is 7.47. The molecule has 0 aromatic rings. The molecule has 0 aromatic carbocycles. The number of aliphatic hydroxyl groups excluding tert-OH is 1. The lowest BCUT2D eigenvalue weighted by atomic mass is 10.0. The van der Waals surface area contributed by atoms with E-state index in [4.69, 9.17) is 9.05 Å². The van der Waals surface area contributed by atoms with E-state index in [0.29, 0.717) is 17.4 Å². The Bertz CT molecular complexity index is 1140. The van der Waals surface area contributed by atoms with Gasteiger partial charge in [-0.1, -0.05) is 184 Å². The summed E-state index contributed by atoms with van der Waals surface area (Å²) in [7, 11) is 1.54. The zero-order valence-corrected chi connectivity index (χ0v) is 39.9. The number of carbonyl (C=O) groups is 1. The number of phosphoric acid groups is 1.